The Hall–Kier alpha value is -3.85. The Balaban J connectivity index is 1.59. The molecule has 200 valence electrons. The van der Waals surface area contributed by atoms with E-state index in [0.717, 1.165) is 24.9 Å². The SMILES string of the molecule is CCOC(=O)c1nn(-c2ccc(OC)cc2Cl)c(C)c1CCN(C=O)c1ccc(N2CCCCC2=O)cc1. The van der Waals surface area contributed by atoms with E-state index in [1.165, 1.54) is 0 Å². The average molecular weight is 539 g/mol. The fourth-order valence-electron chi connectivity index (χ4n) is 4.60. The van der Waals surface area contributed by atoms with Gasteiger partial charge in [-0.05, 0) is 69.5 Å². The Labute approximate surface area is 226 Å². The number of carbonyl (C=O) groups excluding carboxylic acids is 3. The quantitative estimate of drug-likeness (QED) is 0.273. The Morgan fingerprint density at radius 1 is 1.18 bits per heavy atom. The zero-order chi connectivity index (χ0) is 27.2. The van der Waals surface area contributed by atoms with Crippen molar-refractivity contribution in [3.05, 3.63) is 64.4 Å². The highest BCUT2D eigenvalue weighted by atomic mass is 35.5. The number of methoxy groups -OCH3 is 1. The number of ether oxygens (including phenoxy) is 2. The number of hydrogen-bond acceptors (Lipinski definition) is 6. The zero-order valence-corrected chi connectivity index (χ0v) is 22.5. The number of amides is 2. The molecule has 1 fully saturated rings. The maximum Gasteiger partial charge on any atom is 0.359 e. The van der Waals surface area contributed by atoms with E-state index in [1.54, 1.807) is 46.7 Å². The van der Waals surface area contributed by atoms with Gasteiger partial charge in [0, 0.05) is 48.2 Å². The summed E-state index contributed by atoms with van der Waals surface area (Å²) in [6, 6.07) is 12.6. The molecule has 0 saturated carbocycles. The van der Waals surface area contributed by atoms with Crippen LogP contribution in [-0.4, -0.2) is 54.9 Å². The van der Waals surface area contributed by atoms with Crippen molar-refractivity contribution in [2.75, 3.05) is 36.6 Å². The normalized spacial score (nSPS) is 13.4. The molecule has 2 heterocycles. The maximum absolute atomic E-state index is 12.8. The topological polar surface area (TPSA) is 94.0 Å². The van der Waals surface area contributed by atoms with Gasteiger partial charge in [0.2, 0.25) is 12.3 Å². The van der Waals surface area contributed by atoms with Crippen molar-refractivity contribution < 1.29 is 23.9 Å². The van der Waals surface area contributed by atoms with E-state index in [2.05, 4.69) is 5.10 Å². The number of piperidine rings is 1. The summed E-state index contributed by atoms with van der Waals surface area (Å²) in [6.45, 7) is 4.80. The van der Waals surface area contributed by atoms with Crippen molar-refractivity contribution in [2.24, 2.45) is 0 Å². The second-order valence-electron chi connectivity index (χ2n) is 8.93. The van der Waals surface area contributed by atoms with Gasteiger partial charge < -0.3 is 19.3 Å². The third kappa shape index (κ3) is 5.67. The number of carbonyl (C=O) groups is 3. The summed E-state index contributed by atoms with van der Waals surface area (Å²) in [6.07, 6.45) is 3.57. The van der Waals surface area contributed by atoms with Gasteiger partial charge in [-0.15, -0.1) is 0 Å². The number of hydrogen-bond donors (Lipinski definition) is 0. The van der Waals surface area contributed by atoms with Gasteiger partial charge in [0.1, 0.15) is 5.75 Å². The van der Waals surface area contributed by atoms with Crippen molar-refractivity contribution in [3.8, 4) is 11.4 Å². The first-order valence-corrected chi connectivity index (χ1v) is 13.0. The van der Waals surface area contributed by atoms with Gasteiger partial charge in [0.25, 0.3) is 0 Å². The Bertz CT molecular complexity index is 1320. The summed E-state index contributed by atoms with van der Waals surface area (Å²) in [4.78, 5) is 40.4. The van der Waals surface area contributed by atoms with Crippen molar-refractivity contribution in [2.45, 2.75) is 39.5 Å². The van der Waals surface area contributed by atoms with Crippen LogP contribution >= 0.6 is 11.6 Å². The molecule has 2 aromatic carbocycles. The molecule has 1 aliphatic heterocycles. The van der Waals surface area contributed by atoms with Crippen LogP contribution in [0.15, 0.2) is 42.5 Å². The molecule has 3 aromatic rings. The number of halogens is 1. The molecule has 0 spiro atoms. The molecule has 4 rings (SSSR count). The third-order valence-corrected chi connectivity index (χ3v) is 6.94. The molecular formula is C28H31ClN4O5. The highest BCUT2D eigenvalue weighted by molar-refractivity contribution is 6.32. The van der Waals surface area contributed by atoms with Gasteiger partial charge in [-0.2, -0.15) is 5.10 Å². The predicted octanol–water partition coefficient (Wildman–Crippen LogP) is 4.74. The molecule has 0 N–H and O–H groups in total. The summed E-state index contributed by atoms with van der Waals surface area (Å²) in [5.74, 6) is 0.182. The van der Waals surface area contributed by atoms with Crippen LogP contribution in [0.5, 0.6) is 5.75 Å². The predicted molar refractivity (Wildman–Crippen MR) is 146 cm³/mol. The van der Waals surface area contributed by atoms with Crippen LogP contribution < -0.4 is 14.5 Å². The van der Waals surface area contributed by atoms with Gasteiger partial charge >= 0.3 is 5.97 Å². The van der Waals surface area contributed by atoms with E-state index in [1.807, 2.05) is 31.2 Å². The molecule has 9 nitrogen and oxygen atoms in total. The molecule has 38 heavy (non-hydrogen) atoms. The Morgan fingerprint density at radius 3 is 2.58 bits per heavy atom. The van der Waals surface area contributed by atoms with Crippen LogP contribution in [0.2, 0.25) is 5.02 Å². The number of anilines is 2. The Morgan fingerprint density at radius 2 is 1.95 bits per heavy atom. The summed E-state index contributed by atoms with van der Waals surface area (Å²) in [7, 11) is 1.56. The van der Waals surface area contributed by atoms with E-state index in [0.29, 0.717) is 59.3 Å². The standard InChI is InChI=1S/C28H31ClN4O5/c1-4-38-28(36)27-23(19(2)33(30-27)25-13-12-22(37-3)17-24(25)29)14-16-31(18-34)20-8-10-21(11-9-20)32-15-6-5-7-26(32)35/h8-13,17-18H,4-7,14-16H2,1-3H3. The monoisotopic (exact) mass is 538 g/mol. The summed E-state index contributed by atoms with van der Waals surface area (Å²) in [5, 5.41) is 4.95. The number of nitrogens with zero attached hydrogens (tertiary/aromatic N) is 4. The first-order chi connectivity index (χ1) is 18.4. The lowest BCUT2D eigenvalue weighted by atomic mass is 10.1. The summed E-state index contributed by atoms with van der Waals surface area (Å²) < 4.78 is 12.1. The van der Waals surface area contributed by atoms with Gasteiger partial charge in [0.05, 0.1) is 24.4 Å². The van der Waals surface area contributed by atoms with Crippen molar-refractivity contribution in [1.82, 2.24) is 9.78 Å². The van der Waals surface area contributed by atoms with Gasteiger partial charge in [-0.3, -0.25) is 9.59 Å². The molecule has 2 amide bonds. The third-order valence-electron chi connectivity index (χ3n) is 6.64. The van der Waals surface area contributed by atoms with Gasteiger partial charge in [0.15, 0.2) is 5.69 Å². The molecule has 0 unspecified atom stereocenters. The molecule has 0 aliphatic carbocycles. The van der Waals surface area contributed by atoms with Gasteiger partial charge in [-0.25, -0.2) is 9.48 Å². The number of aromatic nitrogens is 2. The fourth-order valence-corrected chi connectivity index (χ4v) is 4.85. The lowest BCUT2D eigenvalue weighted by Gasteiger charge is -2.27. The molecule has 10 heteroatoms. The zero-order valence-electron chi connectivity index (χ0n) is 21.8. The second kappa shape index (κ2) is 12.1. The van der Waals surface area contributed by atoms with Crippen LogP contribution in [0.1, 0.15) is 47.9 Å². The maximum atomic E-state index is 12.8. The van der Waals surface area contributed by atoms with E-state index in [9.17, 15) is 14.4 Å². The van der Waals surface area contributed by atoms with Crippen LogP contribution in [0, 0.1) is 6.92 Å². The molecule has 1 aliphatic rings. The lowest BCUT2D eigenvalue weighted by molar-refractivity contribution is -0.119. The van der Waals surface area contributed by atoms with Crippen molar-refractivity contribution >= 4 is 41.3 Å². The minimum absolute atomic E-state index is 0.118. The van der Waals surface area contributed by atoms with E-state index in [-0.39, 0.29) is 18.2 Å². The van der Waals surface area contributed by atoms with Crippen molar-refractivity contribution in [3.63, 3.8) is 0 Å². The van der Waals surface area contributed by atoms with E-state index in [4.69, 9.17) is 21.1 Å². The largest absolute Gasteiger partial charge is 0.497 e. The van der Waals surface area contributed by atoms with Crippen LogP contribution in [0.4, 0.5) is 11.4 Å². The summed E-state index contributed by atoms with van der Waals surface area (Å²) in [5.41, 5.74) is 3.66. The number of esters is 1. The van der Waals surface area contributed by atoms with E-state index < -0.39 is 5.97 Å². The fraction of sp³-hybridized carbons (Fsp3) is 0.357. The van der Waals surface area contributed by atoms with E-state index >= 15 is 0 Å². The second-order valence-corrected chi connectivity index (χ2v) is 9.34. The minimum atomic E-state index is -0.540. The highest BCUT2D eigenvalue weighted by Gasteiger charge is 2.24. The molecule has 1 saturated heterocycles. The molecule has 0 radical (unpaired) electrons. The highest BCUT2D eigenvalue weighted by Crippen LogP contribution is 2.29. The molecule has 0 bridgehead atoms. The minimum Gasteiger partial charge on any atom is -0.497 e. The average Bonchev–Trinajstić information content (AvgIpc) is 3.25. The van der Waals surface area contributed by atoms with Crippen LogP contribution in [0.3, 0.4) is 0 Å². The molecule has 0 atom stereocenters. The smallest absolute Gasteiger partial charge is 0.359 e. The molecular weight excluding hydrogens is 508 g/mol. The van der Waals surface area contributed by atoms with Gasteiger partial charge in [-0.1, -0.05) is 11.6 Å². The van der Waals surface area contributed by atoms with Crippen LogP contribution in [0.25, 0.3) is 5.69 Å². The first kappa shape index (κ1) is 27.2. The lowest BCUT2D eigenvalue weighted by Crippen LogP contribution is -2.35. The number of rotatable bonds is 10. The van der Waals surface area contributed by atoms with Crippen molar-refractivity contribution in [1.29, 1.82) is 0 Å². The molecule has 1 aromatic heterocycles. The Kier molecular flexibility index (Phi) is 8.68. The van der Waals surface area contributed by atoms with Crippen LogP contribution in [-0.2, 0) is 20.7 Å². The first-order valence-electron chi connectivity index (χ1n) is 12.6. The number of benzene rings is 2. The summed E-state index contributed by atoms with van der Waals surface area (Å²) >= 11 is 6.49.